The van der Waals surface area contributed by atoms with Crippen LogP contribution in [0.3, 0.4) is 0 Å². The summed E-state index contributed by atoms with van der Waals surface area (Å²) < 4.78 is 8.50. The van der Waals surface area contributed by atoms with Crippen molar-refractivity contribution < 1.29 is 19.4 Å². The monoisotopic (exact) mass is 520 g/mol. The normalized spacial score (nSPS) is 19.1. The molecule has 3 amide bonds. The van der Waals surface area contributed by atoms with E-state index in [0.29, 0.717) is 25.4 Å². The van der Waals surface area contributed by atoms with Crippen LogP contribution >= 0.6 is 0 Å². The van der Waals surface area contributed by atoms with E-state index < -0.39 is 6.04 Å². The number of carbonyl (C=O) groups excluding carboxylic acids is 2. The lowest BCUT2D eigenvalue weighted by atomic mass is 9.96. The summed E-state index contributed by atoms with van der Waals surface area (Å²) in [6, 6.07) is 15.5. The lowest BCUT2D eigenvalue weighted by molar-refractivity contribution is -0.0185. The van der Waals surface area contributed by atoms with E-state index in [2.05, 4.69) is 5.32 Å². The molecule has 2 heterocycles. The first-order chi connectivity index (χ1) is 18.1. The van der Waals surface area contributed by atoms with Crippen molar-refractivity contribution in [2.75, 3.05) is 26.7 Å². The Balaban J connectivity index is 1.84. The second-order valence-corrected chi connectivity index (χ2v) is 10.8. The minimum absolute atomic E-state index is 0.0228. The highest BCUT2D eigenvalue weighted by atomic mass is 16.5. The van der Waals surface area contributed by atoms with Crippen LogP contribution in [0.5, 0.6) is 0 Å². The number of benzene rings is 2. The number of nitrogens with one attached hydrogen (secondary N) is 1. The molecule has 2 aromatic carbocycles. The fraction of sp³-hybridized carbons (Fsp3) is 0.467. The van der Waals surface area contributed by atoms with Gasteiger partial charge in [-0.3, -0.25) is 4.79 Å². The van der Waals surface area contributed by atoms with Crippen molar-refractivity contribution in [1.82, 2.24) is 19.7 Å². The quantitative estimate of drug-likeness (QED) is 0.527. The van der Waals surface area contributed by atoms with Gasteiger partial charge in [0.2, 0.25) is 0 Å². The first-order valence-corrected chi connectivity index (χ1v) is 13.3. The molecular formula is C30H40N4O4. The van der Waals surface area contributed by atoms with Crippen LogP contribution in [0.4, 0.5) is 4.79 Å². The van der Waals surface area contributed by atoms with Gasteiger partial charge in [-0.05, 0) is 38.0 Å². The summed E-state index contributed by atoms with van der Waals surface area (Å²) in [5, 5.41) is 14.0. The maximum atomic E-state index is 14.3. The van der Waals surface area contributed by atoms with Crippen molar-refractivity contribution in [3.63, 3.8) is 0 Å². The van der Waals surface area contributed by atoms with E-state index in [4.69, 9.17) is 4.74 Å². The van der Waals surface area contributed by atoms with Crippen LogP contribution in [0.2, 0.25) is 0 Å². The summed E-state index contributed by atoms with van der Waals surface area (Å²) in [5.41, 5.74) is 4.37. The van der Waals surface area contributed by atoms with Crippen LogP contribution in [-0.2, 0) is 18.4 Å². The van der Waals surface area contributed by atoms with Crippen LogP contribution in [0, 0.1) is 5.92 Å². The molecule has 1 aromatic heterocycles. The Hall–Kier alpha value is -3.36. The summed E-state index contributed by atoms with van der Waals surface area (Å²) in [6.45, 7) is 8.68. The molecule has 0 saturated carbocycles. The SMILES string of the molecule is CC(C)NC(=O)N(C)C[C@H]1OCc2ccccc2-c2c(n(C)c3ccccc23)C(=O)N([C@H](C)CO)C[C@H]1C. The number of carbonyl (C=O) groups is 2. The van der Waals surface area contributed by atoms with Crippen molar-refractivity contribution >= 4 is 22.8 Å². The van der Waals surface area contributed by atoms with Gasteiger partial charge < -0.3 is 29.5 Å². The van der Waals surface area contributed by atoms with Gasteiger partial charge in [-0.15, -0.1) is 0 Å². The molecule has 8 nitrogen and oxygen atoms in total. The van der Waals surface area contributed by atoms with Crippen LogP contribution in [0.1, 0.15) is 43.7 Å². The predicted octanol–water partition coefficient (Wildman–Crippen LogP) is 4.25. The highest BCUT2D eigenvalue weighted by molar-refractivity contribution is 6.10. The number of amides is 3. The number of aliphatic hydroxyl groups excluding tert-OH is 1. The number of ether oxygens (including phenoxy) is 1. The van der Waals surface area contributed by atoms with Crippen LogP contribution in [0.15, 0.2) is 48.5 Å². The fourth-order valence-electron chi connectivity index (χ4n) is 5.24. The third kappa shape index (κ3) is 5.42. The average Bonchev–Trinajstić information content (AvgIpc) is 3.19. The van der Waals surface area contributed by atoms with Crippen molar-refractivity contribution in [3.05, 3.63) is 59.8 Å². The van der Waals surface area contributed by atoms with Crippen LogP contribution < -0.4 is 5.32 Å². The molecule has 204 valence electrons. The molecule has 3 aromatic rings. The number of aryl methyl sites for hydroxylation is 1. The predicted molar refractivity (Wildman–Crippen MR) is 150 cm³/mol. The van der Waals surface area contributed by atoms with E-state index in [-0.39, 0.29) is 36.6 Å². The number of likely N-dealkylation sites (N-methyl/N-ethyl adjacent to an activating group) is 1. The number of hydrogen-bond donors (Lipinski definition) is 2. The highest BCUT2D eigenvalue weighted by Gasteiger charge is 2.34. The summed E-state index contributed by atoms with van der Waals surface area (Å²) in [5.74, 6) is -0.237. The van der Waals surface area contributed by atoms with Gasteiger partial charge in [0.05, 0.1) is 25.4 Å². The maximum absolute atomic E-state index is 14.3. The molecule has 0 spiro atoms. The largest absolute Gasteiger partial charge is 0.394 e. The molecule has 0 bridgehead atoms. The van der Waals surface area contributed by atoms with E-state index in [0.717, 1.165) is 27.6 Å². The topological polar surface area (TPSA) is 87.0 Å². The van der Waals surface area contributed by atoms with Crippen molar-refractivity contribution in [3.8, 4) is 11.1 Å². The number of aromatic nitrogens is 1. The molecule has 0 saturated heterocycles. The van der Waals surface area contributed by atoms with Gasteiger partial charge in [0.25, 0.3) is 5.91 Å². The molecule has 1 aliphatic heterocycles. The molecule has 0 unspecified atom stereocenters. The van der Waals surface area contributed by atoms with Gasteiger partial charge in [-0.1, -0.05) is 49.4 Å². The van der Waals surface area contributed by atoms with Gasteiger partial charge in [0.15, 0.2) is 0 Å². The lowest BCUT2D eigenvalue weighted by Gasteiger charge is -2.35. The smallest absolute Gasteiger partial charge is 0.317 e. The highest BCUT2D eigenvalue weighted by Crippen LogP contribution is 2.38. The Kier molecular flexibility index (Phi) is 8.43. The van der Waals surface area contributed by atoms with Crippen molar-refractivity contribution in [2.45, 2.75) is 52.5 Å². The standard InChI is InChI=1S/C30H40N4O4/c1-19(2)31-30(37)32(5)16-26-20(3)15-34(21(4)17-35)29(36)28-27(23-12-8-7-11-22(23)18-38-26)24-13-9-10-14-25(24)33(28)6/h7-14,19-21,26,35H,15-18H2,1-6H3,(H,31,37)/t20-,21-,26-/m1/s1. The fourth-order valence-corrected chi connectivity index (χ4v) is 5.24. The minimum Gasteiger partial charge on any atom is -0.394 e. The Morgan fingerprint density at radius 2 is 1.84 bits per heavy atom. The summed E-state index contributed by atoms with van der Waals surface area (Å²) >= 11 is 0. The van der Waals surface area contributed by atoms with Crippen LogP contribution in [0.25, 0.3) is 22.0 Å². The second-order valence-electron chi connectivity index (χ2n) is 10.8. The van der Waals surface area contributed by atoms with E-state index >= 15 is 0 Å². The summed E-state index contributed by atoms with van der Waals surface area (Å²) in [4.78, 5) is 30.4. The number of fused-ring (bicyclic) bond motifs is 5. The number of nitrogens with zero attached hydrogens (tertiary/aromatic N) is 3. The van der Waals surface area contributed by atoms with Crippen molar-refractivity contribution in [1.29, 1.82) is 0 Å². The zero-order chi connectivity index (χ0) is 27.6. The molecule has 0 radical (unpaired) electrons. The summed E-state index contributed by atoms with van der Waals surface area (Å²) in [7, 11) is 3.68. The van der Waals surface area contributed by atoms with Gasteiger partial charge in [0, 0.05) is 55.6 Å². The molecule has 8 heteroatoms. The van der Waals surface area contributed by atoms with Gasteiger partial charge in [-0.25, -0.2) is 4.79 Å². The Morgan fingerprint density at radius 1 is 1.16 bits per heavy atom. The number of urea groups is 1. The molecule has 2 N–H and O–H groups in total. The molecule has 3 atom stereocenters. The van der Waals surface area contributed by atoms with E-state index in [9.17, 15) is 14.7 Å². The molecule has 38 heavy (non-hydrogen) atoms. The Labute approximate surface area is 225 Å². The molecular weight excluding hydrogens is 480 g/mol. The zero-order valence-corrected chi connectivity index (χ0v) is 23.3. The molecule has 1 aliphatic rings. The van der Waals surface area contributed by atoms with Gasteiger partial charge in [-0.2, -0.15) is 0 Å². The minimum atomic E-state index is -0.394. The molecule has 4 rings (SSSR count). The number of hydrogen-bond acceptors (Lipinski definition) is 4. The van der Waals surface area contributed by atoms with Crippen LogP contribution in [-0.4, -0.2) is 76.3 Å². The maximum Gasteiger partial charge on any atom is 0.317 e. The number of para-hydroxylation sites is 1. The third-order valence-electron chi connectivity index (χ3n) is 7.44. The van der Waals surface area contributed by atoms with Crippen molar-refractivity contribution in [2.24, 2.45) is 13.0 Å². The number of aliphatic hydroxyl groups is 1. The third-order valence-corrected chi connectivity index (χ3v) is 7.44. The van der Waals surface area contributed by atoms with E-state index in [1.54, 1.807) is 16.8 Å². The Morgan fingerprint density at radius 3 is 2.55 bits per heavy atom. The first kappa shape index (κ1) is 27.7. The lowest BCUT2D eigenvalue weighted by Crippen LogP contribution is -2.49. The van der Waals surface area contributed by atoms with E-state index in [1.165, 1.54) is 0 Å². The van der Waals surface area contributed by atoms with E-state index in [1.807, 2.05) is 87.8 Å². The molecule has 0 fully saturated rings. The summed E-state index contributed by atoms with van der Waals surface area (Å²) in [6.07, 6.45) is -0.329. The Bertz CT molecular complexity index is 1300. The first-order valence-electron chi connectivity index (χ1n) is 13.3. The zero-order valence-electron chi connectivity index (χ0n) is 23.3. The second kappa shape index (κ2) is 11.6. The van der Waals surface area contributed by atoms with Gasteiger partial charge in [0.1, 0.15) is 5.69 Å². The molecule has 0 aliphatic carbocycles. The average molecular weight is 521 g/mol. The number of rotatable bonds is 5. The van der Waals surface area contributed by atoms with Gasteiger partial charge >= 0.3 is 6.03 Å².